The second-order valence-corrected chi connectivity index (χ2v) is 7.92. The van der Waals surface area contributed by atoms with E-state index in [1.165, 1.54) is 11.2 Å². The molecule has 1 saturated heterocycles. The highest BCUT2D eigenvalue weighted by atomic mass is 32.2. The minimum absolute atomic E-state index is 0.00170. The van der Waals surface area contributed by atoms with Gasteiger partial charge in [-0.2, -0.15) is 22.6 Å². The predicted molar refractivity (Wildman–Crippen MR) is 82.1 cm³/mol. The zero-order valence-corrected chi connectivity index (χ0v) is 14.7. The van der Waals surface area contributed by atoms with Gasteiger partial charge in [0, 0.05) is 17.8 Å². The number of aryl methyl sites for hydroxylation is 1. The van der Waals surface area contributed by atoms with E-state index in [0.29, 0.717) is 23.4 Å². The van der Waals surface area contributed by atoms with E-state index in [1.54, 1.807) is 13.8 Å². The zero-order valence-electron chi connectivity index (χ0n) is 13.9. The van der Waals surface area contributed by atoms with Crippen LogP contribution in [0.25, 0.3) is 0 Å². The van der Waals surface area contributed by atoms with E-state index in [9.17, 15) is 21.6 Å². The van der Waals surface area contributed by atoms with Gasteiger partial charge < -0.3 is 4.74 Å². The molecular formula is C14H22F3N3O3S. The summed E-state index contributed by atoms with van der Waals surface area (Å²) in [5.41, 5.74) is 1.21. The van der Waals surface area contributed by atoms with Crippen molar-refractivity contribution in [2.24, 2.45) is 0 Å². The highest BCUT2D eigenvalue weighted by molar-refractivity contribution is 7.89. The molecule has 2 rings (SSSR count). The Morgan fingerprint density at radius 1 is 1.33 bits per heavy atom. The van der Waals surface area contributed by atoms with Crippen LogP contribution in [0, 0.1) is 13.8 Å². The van der Waals surface area contributed by atoms with Crippen molar-refractivity contribution in [3.63, 3.8) is 0 Å². The largest absolute Gasteiger partial charge is 0.408 e. The first-order valence-electron chi connectivity index (χ1n) is 7.74. The summed E-state index contributed by atoms with van der Waals surface area (Å²) in [6.07, 6.45) is -3.92. The lowest BCUT2D eigenvalue weighted by Crippen LogP contribution is -2.44. The topological polar surface area (TPSA) is 64.4 Å². The number of ether oxygens (including phenoxy) is 1. The summed E-state index contributed by atoms with van der Waals surface area (Å²) in [4.78, 5) is 0. The smallest absolute Gasteiger partial charge is 0.378 e. The standard InChI is InChI=1S/C14H22F3N3O3S/c1-4-7-24(21,22)20-5-6-23-8-12(20)13-10(2)18-19(11(13)3)9-14(15,16)17/h12H,4-9H2,1-3H3/t12-/m0/s1. The van der Waals surface area contributed by atoms with Gasteiger partial charge in [-0.05, 0) is 20.3 Å². The van der Waals surface area contributed by atoms with Gasteiger partial charge in [0.2, 0.25) is 10.0 Å². The van der Waals surface area contributed by atoms with Gasteiger partial charge in [-0.1, -0.05) is 6.92 Å². The van der Waals surface area contributed by atoms with Crippen LogP contribution in [0.5, 0.6) is 0 Å². The van der Waals surface area contributed by atoms with Crippen molar-refractivity contribution in [2.45, 2.75) is 46.0 Å². The quantitative estimate of drug-likeness (QED) is 0.798. The van der Waals surface area contributed by atoms with Crippen molar-refractivity contribution < 1.29 is 26.3 Å². The molecule has 0 radical (unpaired) electrons. The molecule has 0 unspecified atom stereocenters. The molecule has 6 nitrogen and oxygen atoms in total. The molecule has 0 saturated carbocycles. The van der Waals surface area contributed by atoms with Gasteiger partial charge in [0.25, 0.3) is 0 Å². The predicted octanol–water partition coefficient (Wildman–Crippen LogP) is 2.18. The number of halogens is 3. The lowest BCUT2D eigenvalue weighted by Gasteiger charge is -2.35. The second kappa shape index (κ2) is 7.01. The zero-order chi connectivity index (χ0) is 18.1. The van der Waals surface area contributed by atoms with Gasteiger partial charge in [-0.15, -0.1) is 0 Å². The van der Waals surface area contributed by atoms with Crippen molar-refractivity contribution >= 4 is 10.0 Å². The van der Waals surface area contributed by atoms with E-state index in [-0.39, 0.29) is 25.5 Å². The Hall–Kier alpha value is -1.13. The van der Waals surface area contributed by atoms with Gasteiger partial charge in [0.05, 0.1) is 30.7 Å². The summed E-state index contributed by atoms with van der Waals surface area (Å²) in [5, 5.41) is 3.95. The fourth-order valence-corrected chi connectivity index (χ4v) is 4.70. The van der Waals surface area contributed by atoms with Crippen LogP contribution >= 0.6 is 0 Å². The summed E-state index contributed by atoms with van der Waals surface area (Å²) < 4.78 is 70.6. The van der Waals surface area contributed by atoms with Crippen LogP contribution in [0.1, 0.15) is 36.3 Å². The van der Waals surface area contributed by atoms with E-state index in [4.69, 9.17) is 4.74 Å². The number of aromatic nitrogens is 2. The number of morpholine rings is 1. The summed E-state index contributed by atoms with van der Waals surface area (Å²) in [6, 6.07) is -0.641. The fraction of sp³-hybridized carbons (Fsp3) is 0.786. The summed E-state index contributed by atoms with van der Waals surface area (Å²) in [5.74, 6) is -0.00170. The first-order valence-corrected chi connectivity index (χ1v) is 9.35. The van der Waals surface area contributed by atoms with Gasteiger partial charge in [0.15, 0.2) is 0 Å². The minimum Gasteiger partial charge on any atom is -0.378 e. The maximum Gasteiger partial charge on any atom is 0.408 e. The lowest BCUT2D eigenvalue weighted by molar-refractivity contribution is -0.143. The molecule has 1 fully saturated rings. The average molecular weight is 369 g/mol. The molecule has 1 aromatic heterocycles. The number of rotatable bonds is 5. The summed E-state index contributed by atoms with van der Waals surface area (Å²) in [7, 11) is -3.50. The molecule has 1 aromatic rings. The minimum atomic E-state index is -4.39. The maximum atomic E-state index is 12.7. The lowest BCUT2D eigenvalue weighted by atomic mass is 10.0. The van der Waals surface area contributed by atoms with Crippen molar-refractivity contribution in [3.05, 3.63) is 17.0 Å². The normalized spacial score (nSPS) is 20.5. The van der Waals surface area contributed by atoms with Crippen molar-refractivity contribution in [1.82, 2.24) is 14.1 Å². The van der Waals surface area contributed by atoms with Crippen LogP contribution < -0.4 is 0 Å². The monoisotopic (exact) mass is 369 g/mol. The molecular weight excluding hydrogens is 347 g/mol. The van der Waals surface area contributed by atoms with Crippen LogP contribution in [0.3, 0.4) is 0 Å². The summed E-state index contributed by atoms with van der Waals surface area (Å²) >= 11 is 0. The van der Waals surface area contributed by atoms with E-state index in [1.807, 2.05) is 0 Å². The maximum absolute atomic E-state index is 12.7. The van der Waals surface area contributed by atoms with Gasteiger partial charge in [-0.3, -0.25) is 4.68 Å². The van der Waals surface area contributed by atoms with Crippen molar-refractivity contribution in [3.8, 4) is 0 Å². The number of nitrogens with zero attached hydrogens (tertiary/aromatic N) is 3. The van der Waals surface area contributed by atoms with Crippen LogP contribution in [-0.2, 0) is 21.3 Å². The van der Waals surface area contributed by atoms with Gasteiger partial charge in [0.1, 0.15) is 6.54 Å². The van der Waals surface area contributed by atoms with E-state index >= 15 is 0 Å². The van der Waals surface area contributed by atoms with E-state index in [2.05, 4.69) is 5.10 Å². The third kappa shape index (κ3) is 4.09. The molecule has 1 aliphatic rings. The molecule has 0 aliphatic carbocycles. The highest BCUT2D eigenvalue weighted by Gasteiger charge is 2.37. The van der Waals surface area contributed by atoms with Crippen molar-refractivity contribution in [1.29, 1.82) is 0 Å². The molecule has 1 atom stereocenters. The molecule has 0 aromatic carbocycles. The first-order chi connectivity index (χ1) is 11.1. The van der Waals surface area contributed by atoms with Crippen LogP contribution in [-0.4, -0.2) is 54.2 Å². The molecule has 2 heterocycles. The molecule has 0 amide bonds. The van der Waals surface area contributed by atoms with Crippen LogP contribution in [0.2, 0.25) is 0 Å². The number of alkyl halides is 3. The Morgan fingerprint density at radius 3 is 2.58 bits per heavy atom. The molecule has 0 N–H and O–H groups in total. The molecule has 0 bridgehead atoms. The number of hydrogen-bond donors (Lipinski definition) is 0. The Labute approximate surface area is 139 Å². The third-order valence-electron chi connectivity index (χ3n) is 4.00. The van der Waals surface area contributed by atoms with Crippen LogP contribution in [0.15, 0.2) is 0 Å². The Balaban J connectivity index is 2.41. The Morgan fingerprint density at radius 2 is 2.00 bits per heavy atom. The third-order valence-corrected chi connectivity index (χ3v) is 6.07. The van der Waals surface area contributed by atoms with E-state index < -0.39 is 28.8 Å². The van der Waals surface area contributed by atoms with Gasteiger partial charge in [-0.25, -0.2) is 8.42 Å². The molecule has 0 spiro atoms. The SMILES string of the molecule is CCCS(=O)(=O)N1CCOC[C@H]1c1c(C)nn(CC(F)(F)F)c1C. The molecule has 24 heavy (non-hydrogen) atoms. The van der Waals surface area contributed by atoms with E-state index in [0.717, 1.165) is 4.68 Å². The van der Waals surface area contributed by atoms with Crippen molar-refractivity contribution in [2.75, 3.05) is 25.5 Å². The van der Waals surface area contributed by atoms with Gasteiger partial charge >= 0.3 is 6.18 Å². The molecule has 10 heteroatoms. The highest BCUT2D eigenvalue weighted by Crippen LogP contribution is 2.32. The Bertz CT molecular complexity index is 685. The molecule has 1 aliphatic heterocycles. The Kier molecular flexibility index (Phi) is 5.61. The summed E-state index contributed by atoms with van der Waals surface area (Å²) in [6.45, 7) is 4.27. The number of sulfonamides is 1. The number of hydrogen-bond acceptors (Lipinski definition) is 4. The average Bonchev–Trinajstić information content (AvgIpc) is 2.71. The first kappa shape index (κ1) is 19.2. The fourth-order valence-electron chi connectivity index (χ4n) is 3.04. The molecule has 138 valence electrons. The second-order valence-electron chi connectivity index (χ2n) is 5.87. The van der Waals surface area contributed by atoms with Crippen LogP contribution in [0.4, 0.5) is 13.2 Å².